The minimum atomic E-state index is -0.452. The molecular weight excluding hydrogens is 204 g/mol. The molecule has 0 amide bonds. The maximum Gasteiger partial charge on any atom is 0.139 e. The molecule has 1 aromatic heterocycles. The Morgan fingerprint density at radius 1 is 1.69 bits per heavy atom. The molecule has 1 heterocycles. The first-order chi connectivity index (χ1) is 7.43. The van der Waals surface area contributed by atoms with Gasteiger partial charge in [0.05, 0.1) is 11.7 Å². The van der Waals surface area contributed by atoms with Crippen LogP contribution in [-0.4, -0.2) is 35.6 Å². The molecule has 0 aromatic carbocycles. The summed E-state index contributed by atoms with van der Waals surface area (Å²) in [4.78, 5) is 6.01. The highest BCUT2D eigenvalue weighted by molar-refractivity contribution is 6.00. The van der Waals surface area contributed by atoms with E-state index in [0.29, 0.717) is 17.9 Å². The van der Waals surface area contributed by atoms with Crippen LogP contribution in [0.5, 0.6) is 0 Å². The molecule has 1 rings (SSSR count). The molecule has 5 heteroatoms. The summed E-state index contributed by atoms with van der Waals surface area (Å²) in [6.45, 7) is 4.05. The second-order valence-corrected chi connectivity index (χ2v) is 3.97. The van der Waals surface area contributed by atoms with Crippen molar-refractivity contribution < 1.29 is 5.11 Å². The fourth-order valence-electron chi connectivity index (χ4n) is 1.65. The molecule has 0 radical (unpaired) electrons. The largest absolute Gasteiger partial charge is 0.392 e. The molecule has 0 aliphatic heterocycles. The van der Waals surface area contributed by atoms with Gasteiger partial charge >= 0.3 is 0 Å². The lowest BCUT2D eigenvalue weighted by molar-refractivity contribution is 0.201. The maximum atomic E-state index is 9.33. The van der Waals surface area contributed by atoms with Crippen LogP contribution in [0.3, 0.4) is 0 Å². The van der Waals surface area contributed by atoms with Gasteiger partial charge in [-0.25, -0.2) is 4.98 Å². The summed E-state index contributed by atoms with van der Waals surface area (Å²) < 4.78 is 0. The van der Waals surface area contributed by atoms with Crippen LogP contribution in [0.1, 0.15) is 18.1 Å². The van der Waals surface area contributed by atoms with E-state index in [1.807, 2.05) is 20.0 Å². The van der Waals surface area contributed by atoms with Crippen LogP contribution < -0.4 is 10.6 Å². The Kier molecular flexibility index (Phi) is 3.84. The maximum absolute atomic E-state index is 9.33. The number of aryl methyl sites for hydroxylation is 1. The van der Waals surface area contributed by atoms with Gasteiger partial charge in [-0.2, -0.15) is 0 Å². The SMILES string of the molecule is Cc1ccnc(N(C)CC(C)O)c1C(=N)N. The van der Waals surface area contributed by atoms with E-state index in [9.17, 15) is 5.11 Å². The van der Waals surface area contributed by atoms with E-state index in [1.165, 1.54) is 0 Å². The van der Waals surface area contributed by atoms with Crippen molar-refractivity contribution in [1.29, 1.82) is 5.41 Å². The molecule has 1 unspecified atom stereocenters. The van der Waals surface area contributed by atoms with Crippen LogP contribution in [0.25, 0.3) is 0 Å². The van der Waals surface area contributed by atoms with Crippen LogP contribution in [0.4, 0.5) is 5.82 Å². The number of aromatic nitrogens is 1. The van der Waals surface area contributed by atoms with Crippen molar-refractivity contribution >= 4 is 11.7 Å². The first-order valence-corrected chi connectivity index (χ1v) is 5.12. The summed E-state index contributed by atoms with van der Waals surface area (Å²) >= 11 is 0. The second kappa shape index (κ2) is 4.94. The predicted octanol–water partition coefficient (Wildman–Crippen LogP) is 0.491. The first kappa shape index (κ1) is 12.4. The molecule has 0 spiro atoms. The van der Waals surface area contributed by atoms with Gasteiger partial charge in [-0.1, -0.05) is 0 Å². The van der Waals surface area contributed by atoms with Gasteiger partial charge in [0.15, 0.2) is 0 Å². The lowest BCUT2D eigenvalue weighted by Gasteiger charge is -2.22. The zero-order valence-corrected chi connectivity index (χ0v) is 9.86. The van der Waals surface area contributed by atoms with Crippen LogP contribution in [0, 0.1) is 12.3 Å². The Bertz CT molecular complexity index is 390. The minimum Gasteiger partial charge on any atom is -0.392 e. The molecule has 5 nitrogen and oxygen atoms in total. The van der Waals surface area contributed by atoms with Crippen LogP contribution >= 0.6 is 0 Å². The number of likely N-dealkylation sites (N-methyl/N-ethyl adjacent to an activating group) is 1. The summed E-state index contributed by atoms with van der Waals surface area (Å²) in [6.07, 6.45) is 1.22. The molecule has 0 saturated heterocycles. The van der Waals surface area contributed by atoms with Crippen molar-refractivity contribution in [3.8, 4) is 0 Å². The number of pyridine rings is 1. The third-order valence-corrected chi connectivity index (χ3v) is 2.31. The highest BCUT2D eigenvalue weighted by Crippen LogP contribution is 2.19. The summed E-state index contributed by atoms with van der Waals surface area (Å²) in [5, 5.41) is 16.9. The van der Waals surface area contributed by atoms with Gasteiger partial charge in [-0.3, -0.25) is 5.41 Å². The fraction of sp³-hybridized carbons (Fsp3) is 0.455. The standard InChI is InChI=1S/C11H18N4O/c1-7-4-5-14-11(9(7)10(12)13)15(3)6-8(2)16/h4-5,8,16H,6H2,1-3H3,(H3,12,13). The van der Waals surface area contributed by atoms with E-state index in [1.54, 1.807) is 18.0 Å². The molecule has 1 aromatic rings. The average Bonchev–Trinajstić information content (AvgIpc) is 2.15. The number of hydrogen-bond donors (Lipinski definition) is 3. The van der Waals surface area contributed by atoms with Crippen molar-refractivity contribution in [3.05, 3.63) is 23.4 Å². The number of amidine groups is 1. The van der Waals surface area contributed by atoms with Gasteiger partial charge in [0, 0.05) is 19.8 Å². The number of aliphatic hydroxyl groups excluding tert-OH is 1. The lowest BCUT2D eigenvalue weighted by atomic mass is 10.1. The van der Waals surface area contributed by atoms with Gasteiger partial charge in [0.25, 0.3) is 0 Å². The molecule has 0 saturated carbocycles. The van der Waals surface area contributed by atoms with E-state index in [0.717, 1.165) is 5.56 Å². The number of hydrogen-bond acceptors (Lipinski definition) is 4. The van der Waals surface area contributed by atoms with Crippen LogP contribution in [0.2, 0.25) is 0 Å². The van der Waals surface area contributed by atoms with Gasteiger partial charge in [-0.15, -0.1) is 0 Å². The molecule has 0 aliphatic carbocycles. The summed E-state index contributed by atoms with van der Waals surface area (Å²) in [5.41, 5.74) is 7.08. The number of anilines is 1. The highest BCUT2D eigenvalue weighted by Gasteiger charge is 2.14. The topological polar surface area (TPSA) is 86.2 Å². The summed E-state index contributed by atoms with van der Waals surface area (Å²) in [5.74, 6) is 0.631. The number of aliphatic hydroxyl groups is 1. The number of nitrogens with one attached hydrogen (secondary N) is 1. The average molecular weight is 222 g/mol. The van der Waals surface area contributed by atoms with Crippen molar-refractivity contribution in [1.82, 2.24) is 4.98 Å². The number of nitrogen functional groups attached to an aromatic ring is 1. The molecule has 0 bridgehead atoms. The zero-order chi connectivity index (χ0) is 12.3. The smallest absolute Gasteiger partial charge is 0.139 e. The van der Waals surface area contributed by atoms with Crippen LogP contribution in [-0.2, 0) is 0 Å². The third kappa shape index (κ3) is 2.70. The Hall–Kier alpha value is -1.62. The first-order valence-electron chi connectivity index (χ1n) is 5.12. The Labute approximate surface area is 95.4 Å². The number of nitrogens with two attached hydrogens (primary N) is 1. The highest BCUT2D eigenvalue weighted by atomic mass is 16.3. The summed E-state index contributed by atoms with van der Waals surface area (Å²) in [7, 11) is 1.82. The van der Waals surface area contributed by atoms with Crippen molar-refractivity contribution in [2.45, 2.75) is 20.0 Å². The van der Waals surface area contributed by atoms with Crippen molar-refractivity contribution in [2.24, 2.45) is 5.73 Å². The van der Waals surface area contributed by atoms with E-state index in [-0.39, 0.29) is 5.84 Å². The molecule has 88 valence electrons. The lowest BCUT2D eigenvalue weighted by Crippen LogP contribution is -2.30. The predicted molar refractivity (Wildman–Crippen MR) is 64.9 cm³/mol. The molecule has 1 atom stereocenters. The second-order valence-electron chi connectivity index (χ2n) is 3.97. The zero-order valence-electron chi connectivity index (χ0n) is 9.86. The van der Waals surface area contributed by atoms with Crippen molar-refractivity contribution in [2.75, 3.05) is 18.5 Å². The van der Waals surface area contributed by atoms with Crippen LogP contribution in [0.15, 0.2) is 12.3 Å². The Morgan fingerprint density at radius 3 is 2.81 bits per heavy atom. The number of rotatable bonds is 4. The fourth-order valence-corrected chi connectivity index (χ4v) is 1.65. The quantitative estimate of drug-likeness (QED) is 0.511. The van der Waals surface area contributed by atoms with E-state index >= 15 is 0 Å². The summed E-state index contributed by atoms with van der Waals surface area (Å²) in [6, 6.07) is 1.82. The van der Waals surface area contributed by atoms with Crippen molar-refractivity contribution in [3.63, 3.8) is 0 Å². The van der Waals surface area contributed by atoms with Gasteiger partial charge in [0.2, 0.25) is 0 Å². The van der Waals surface area contributed by atoms with Gasteiger partial charge < -0.3 is 15.7 Å². The molecule has 4 N–H and O–H groups in total. The minimum absolute atomic E-state index is 0.00181. The molecular formula is C11H18N4O. The Balaban J connectivity index is 3.12. The Morgan fingerprint density at radius 2 is 2.31 bits per heavy atom. The monoisotopic (exact) mass is 222 g/mol. The van der Waals surface area contributed by atoms with E-state index in [4.69, 9.17) is 11.1 Å². The van der Waals surface area contributed by atoms with E-state index in [2.05, 4.69) is 4.98 Å². The normalized spacial score (nSPS) is 12.2. The molecule has 0 aliphatic rings. The molecule has 16 heavy (non-hydrogen) atoms. The van der Waals surface area contributed by atoms with Gasteiger partial charge in [0.1, 0.15) is 11.7 Å². The number of nitrogens with zero attached hydrogens (tertiary/aromatic N) is 2. The third-order valence-electron chi connectivity index (χ3n) is 2.31. The van der Waals surface area contributed by atoms with E-state index < -0.39 is 6.10 Å². The van der Waals surface area contributed by atoms with Gasteiger partial charge in [-0.05, 0) is 25.5 Å². The molecule has 0 fully saturated rings.